The fourth-order valence-corrected chi connectivity index (χ4v) is 3.57. The van der Waals surface area contributed by atoms with Gasteiger partial charge in [0.15, 0.2) is 0 Å². The topological polar surface area (TPSA) is 23.5 Å². The van der Waals surface area contributed by atoms with Crippen molar-refractivity contribution < 1.29 is 31.4 Å². The number of rotatable bonds is 3. The minimum atomic E-state index is -5.89. The van der Waals surface area contributed by atoms with Gasteiger partial charge in [0, 0.05) is 28.5 Å². The summed E-state index contributed by atoms with van der Waals surface area (Å²) in [6, 6.07) is 2.61. The van der Waals surface area contributed by atoms with Gasteiger partial charge in [0.2, 0.25) is 0 Å². The number of hydrogen-bond acceptors (Lipinski definition) is 3. The highest BCUT2D eigenvalue weighted by Crippen LogP contribution is 2.51. The molecule has 0 spiro atoms. The molecule has 1 heterocycles. The third-order valence-corrected chi connectivity index (χ3v) is 5.10. The molecule has 0 aliphatic carbocycles. The first kappa shape index (κ1) is 23.7. The van der Waals surface area contributed by atoms with Crippen LogP contribution in [0, 0.1) is 5.92 Å². The number of fused-ring (bicyclic) bond motifs is 1. The lowest BCUT2D eigenvalue weighted by molar-refractivity contribution is -0.376. The van der Waals surface area contributed by atoms with E-state index in [1.54, 1.807) is 4.90 Å². The minimum Gasteiger partial charge on any atom is -0.369 e. The van der Waals surface area contributed by atoms with Crippen LogP contribution >= 0.6 is 11.8 Å². The Kier molecular flexibility index (Phi) is 7.32. The smallest absolute Gasteiger partial charge is 0.369 e. The van der Waals surface area contributed by atoms with Crippen molar-refractivity contribution in [2.24, 2.45) is 5.92 Å². The fraction of sp³-hybridized carbons (Fsp3) is 0.556. The molecule has 0 bridgehead atoms. The summed E-state index contributed by atoms with van der Waals surface area (Å²) in [6.07, 6.45) is -11.8. The summed E-state index contributed by atoms with van der Waals surface area (Å²) in [5.74, 6) is 0.552. The molecule has 1 aromatic rings. The Morgan fingerprint density at radius 2 is 1.63 bits per heavy atom. The number of allylic oxidation sites excluding steroid dienone is 1. The van der Waals surface area contributed by atoms with Crippen molar-refractivity contribution in [1.29, 1.82) is 0 Å². The normalized spacial score (nSPS) is 15.2. The van der Waals surface area contributed by atoms with Crippen LogP contribution in [0.4, 0.5) is 32.0 Å². The summed E-state index contributed by atoms with van der Waals surface area (Å²) in [4.78, 5) is 2.03. The largest absolute Gasteiger partial charge is 0.430 e. The molecule has 0 radical (unpaired) electrons. The van der Waals surface area contributed by atoms with E-state index in [-0.39, 0.29) is 10.8 Å². The molecular weight excluding hydrogens is 392 g/mol. The van der Waals surface area contributed by atoms with Gasteiger partial charge in [-0.25, -0.2) is 0 Å². The highest BCUT2D eigenvalue weighted by Gasteiger charge is 2.71. The van der Waals surface area contributed by atoms with Crippen LogP contribution in [-0.4, -0.2) is 29.8 Å². The van der Waals surface area contributed by atoms with E-state index in [0.717, 1.165) is 23.5 Å². The lowest BCUT2D eigenvalue weighted by Gasteiger charge is -2.36. The van der Waals surface area contributed by atoms with Crippen LogP contribution < -0.4 is 4.90 Å². The van der Waals surface area contributed by atoms with Gasteiger partial charge in [-0.2, -0.15) is 26.3 Å². The molecule has 27 heavy (non-hydrogen) atoms. The van der Waals surface area contributed by atoms with E-state index in [9.17, 15) is 31.4 Å². The van der Waals surface area contributed by atoms with Crippen LogP contribution in [0.15, 0.2) is 35.4 Å². The maximum atomic E-state index is 13.0. The van der Waals surface area contributed by atoms with Crippen LogP contribution in [0.25, 0.3) is 0 Å². The molecule has 0 atom stereocenters. The number of alkyl halides is 6. The number of halogens is 6. The summed E-state index contributed by atoms with van der Waals surface area (Å²) in [5, 5.41) is 9.53. The summed E-state index contributed by atoms with van der Waals surface area (Å²) in [6.45, 7) is 12.3. The molecule has 1 aromatic carbocycles. The number of thioether (sulfide) groups is 1. The predicted molar refractivity (Wildman–Crippen MR) is 95.8 cm³/mol. The van der Waals surface area contributed by atoms with E-state index in [4.69, 9.17) is 0 Å². The summed E-state index contributed by atoms with van der Waals surface area (Å²) in [7, 11) is 0. The maximum Gasteiger partial charge on any atom is 0.430 e. The third-order valence-electron chi connectivity index (χ3n) is 4.07. The molecular formula is C18H23F6NOS. The Hall–Kier alpha value is -1.35. The van der Waals surface area contributed by atoms with E-state index in [1.807, 2.05) is 27.7 Å². The van der Waals surface area contributed by atoms with Gasteiger partial charge >= 0.3 is 12.4 Å². The molecule has 0 amide bonds. The zero-order valence-electron chi connectivity index (χ0n) is 15.5. The van der Waals surface area contributed by atoms with Gasteiger partial charge in [-0.05, 0) is 18.1 Å². The molecule has 2 rings (SSSR count). The number of anilines is 1. The standard InChI is InChI=1S/C16H17F6NOS.C2H6/c1-9(2)10(3)23-6-7-25-13-8-11(4-5-12(13)23)14(24,15(17,18)19)16(20,21)22;1-2/h4-5,8-9,24H,3,6-7H2,1-2H3;1-2H3. The van der Waals surface area contributed by atoms with E-state index < -0.39 is 23.5 Å². The predicted octanol–water partition coefficient (Wildman–Crippen LogP) is 6.11. The molecule has 0 saturated carbocycles. The number of hydrogen-bond donors (Lipinski definition) is 1. The monoisotopic (exact) mass is 415 g/mol. The van der Waals surface area contributed by atoms with Crippen molar-refractivity contribution in [3.63, 3.8) is 0 Å². The Morgan fingerprint density at radius 3 is 2.07 bits per heavy atom. The highest BCUT2D eigenvalue weighted by molar-refractivity contribution is 7.99. The zero-order valence-corrected chi connectivity index (χ0v) is 16.3. The van der Waals surface area contributed by atoms with E-state index >= 15 is 0 Å². The first-order valence-electron chi connectivity index (χ1n) is 8.40. The molecule has 1 aliphatic heterocycles. The van der Waals surface area contributed by atoms with E-state index in [2.05, 4.69) is 6.58 Å². The SMILES string of the molecule is C=C(C(C)C)N1CCSc2cc(C(O)(C(F)(F)F)C(F)(F)F)ccc21.CC. The summed E-state index contributed by atoms with van der Waals surface area (Å²) < 4.78 is 78.2. The molecule has 1 aliphatic rings. The quantitative estimate of drug-likeness (QED) is 0.603. The zero-order chi connectivity index (χ0) is 21.2. The second kappa shape index (κ2) is 8.34. The van der Waals surface area contributed by atoms with Crippen molar-refractivity contribution in [3.05, 3.63) is 36.0 Å². The third kappa shape index (κ3) is 4.39. The Balaban J connectivity index is 0.00000176. The van der Waals surface area contributed by atoms with Crippen LogP contribution in [0.1, 0.15) is 33.3 Å². The number of nitrogens with zero attached hydrogens (tertiary/aromatic N) is 1. The Bertz CT molecular complexity index is 655. The summed E-state index contributed by atoms with van der Waals surface area (Å²) >= 11 is 1.14. The lowest BCUT2D eigenvalue weighted by atomic mass is 9.92. The van der Waals surface area contributed by atoms with Gasteiger partial charge in [0.25, 0.3) is 5.60 Å². The number of benzene rings is 1. The molecule has 0 aromatic heterocycles. The van der Waals surface area contributed by atoms with Crippen LogP contribution in [0.3, 0.4) is 0 Å². The molecule has 0 unspecified atom stereocenters. The molecule has 1 N–H and O–H groups in total. The van der Waals surface area contributed by atoms with E-state index in [1.165, 1.54) is 6.07 Å². The van der Waals surface area contributed by atoms with Crippen LogP contribution in [0.5, 0.6) is 0 Å². The van der Waals surface area contributed by atoms with Crippen molar-refractivity contribution in [2.75, 3.05) is 17.2 Å². The van der Waals surface area contributed by atoms with Gasteiger partial charge in [0.1, 0.15) is 0 Å². The number of aliphatic hydroxyl groups is 1. The second-order valence-corrected chi connectivity index (χ2v) is 7.17. The van der Waals surface area contributed by atoms with Gasteiger partial charge < -0.3 is 10.0 Å². The molecule has 0 saturated heterocycles. The van der Waals surface area contributed by atoms with Crippen molar-refractivity contribution in [2.45, 2.75) is 50.5 Å². The van der Waals surface area contributed by atoms with Gasteiger partial charge in [-0.3, -0.25) is 0 Å². The Morgan fingerprint density at radius 1 is 1.11 bits per heavy atom. The van der Waals surface area contributed by atoms with Crippen molar-refractivity contribution >= 4 is 17.4 Å². The fourth-order valence-electron chi connectivity index (χ4n) is 2.54. The average Bonchev–Trinajstić information content (AvgIpc) is 2.59. The summed E-state index contributed by atoms with van der Waals surface area (Å²) in [5.41, 5.74) is -4.94. The average molecular weight is 415 g/mol. The van der Waals surface area contributed by atoms with Gasteiger partial charge in [-0.15, -0.1) is 11.8 Å². The van der Waals surface area contributed by atoms with E-state index in [0.29, 0.717) is 24.1 Å². The molecule has 154 valence electrons. The lowest BCUT2D eigenvalue weighted by Crippen LogP contribution is -2.54. The minimum absolute atomic E-state index is 0.0675. The van der Waals surface area contributed by atoms with Gasteiger partial charge in [0.05, 0.1) is 5.69 Å². The van der Waals surface area contributed by atoms with Gasteiger partial charge in [-0.1, -0.05) is 40.3 Å². The second-order valence-electron chi connectivity index (χ2n) is 6.03. The highest BCUT2D eigenvalue weighted by atomic mass is 32.2. The first-order chi connectivity index (χ1) is 12.3. The molecule has 9 heteroatoms. The van der Waals surface area contributed by atoms with Crippen molar-refractivity contribution in [3.8, 4) is 0 Å². The molecule has 2 nitrogen and oxygen atoms in total. The maximum absolute atomic E-state index is 13.0. The molecule has 0 fully saturated rings. The van der Waals surface area contributed by atoms with Crippen LogP contribution in [-0.2, 0) is 5.60 Å². The first-order valence-corrected chi connectivity index (χ1v) is 9.38. The van der Waals surface area contributed by atoms with Crippen molar-refractivity contribution in [1.82, 2.24) is 0 Å². The Labute approximate surface area is 159 Å². The van der Waals surface area contributed by atoms with Crippen LogP contribution in [0.2, 0.25) is 0 Å².